The summed E-state index contributed by atoms with van der Waals surface area (Å²) in [7, 11) is -9.28. The van der Waals surface area contributed by atoms with Crippen LogP contribution >= 0.6 is 15.6 Å². The first-order valence-corrected chi connectivity index (χ1v) is 6.18. The molecule has 0 radical (unpaired) electrons. The maximum Gasteiger partial charge on any atom is 1.00 e. The molecule has 0 amide bonds. The Kier molecular flexibility index (Phi) is 19.4. The van der Waals surface area contributed by atoms with Crippen LogP contribution in [0, 0.1) is 0 Å². The summed E-state index contributed by atoms with van der Waals surface area (Å²) in [5.41, 5.74) is 0. The molecule has 0 saturated heterocycles. The maximum atomic E-state index is 9.37. The molecule has 0 spiro atoms. The van der Waals surface area contributed by atoms with E-state index in [4.69, 9.17) is 43.6 Å². The molecule has 10 nitrogen and oxygen atoms in total. The second-order valence-corrected chi connectivity index (χ2v) is 3.83. The van der Waals surface area contributed by atoms with Crippen LogP contribution in [0.2, 0.25) is 0 Å². The molecule has 0 rings (SSSR count). The van der Waals surface area contributed by atoms with Crippen molar-refractivity contribution in [1.29, 1.82) is 0 Å². The molecule has 0 aromatic carbocycles. The molecule has 16 heavy (non-hydrogen) atoms. The third kappa shape index (κ3) is 380. The van der Waals surface area contributed by atoms with E-state index in [9.17, 15) is 4.79 Å². The van der Waals surface area contributed by atoms with Crippen LogP contribution in [0.1, 0.15) is 14.8 Å². The molecule has 0 fully saturated rings. The third-order valence-electron chi connectivity index (χ3n) is 0.302. The fourth-order valence-corrected chi connectivity index (χ4v) is 0. The Labute approximate surface area is 114 Å². The van der Waals surface area contributed by atoms with E-state index < -0.39 is 21.6 Å². The molecule has 0 aliphatic carbocycles. The number of carboxylic acid groups (broad SMARTS) is 1. The first kappa shape index (κ1) is 25.5. The van der Waals surface area contributed by atoms with Crippen LogP contribution in [-0.2, 0) is 13.9 Å². The molecule has 0 bridgehead atoms. The molecule has 0 unspecified atom stereocenters. The topological polar surface area (TPSA) is 193 Å². The Bertz CT molecular complexity index is 222. The van der Waals surface area contributed by atoms with E-state index in [1.807, 2.05) is 0 Å². The van der Waals surface area contributed by atoms with Gasteiger partial charge in [0, 0.05) is 6.42 Å². The standard InChI is InChI=1S/C3H6O2.Na.2H3O4P.H/c1-2-3(4)5;;2*1-5(2,3)4;/h2H2,1H3,(H,4,5);;2*(H3,1,2,3,4);/q;+1;;;-1. The Morgan fingerprint density at radius 3 is 1.06 bits per heavy atom. The SMILES string of the molecule is CCC(=O)O.O=P(O)(O)O.O=P(O)(O)O.[H-].[Na+]. The molecule has 0 heterocycles. The molecule has 0 saturated carbocycles. The normalized spacial score (nSPS) is 9.69. The van der Waals surface area contributed by atoms with Gasteiger partial charge in [-0.3, -0.25) is 4.79 Å². The molecule has 96 valence electrons. The van der Waals surface area contributed by atoms with Gasteiger partial charge in [0.05, 0.1) is 0 Å². The van der Waals surface area contributed by atoms with Gasteiger partial charge >= 0.3 is 51.2 Å². The van der Waals surface area contributed by atoms with Gasteiger partial charge in [0.1, 0.15) is 0 Å². The van der Waals surface area contributed by atoms with Crippen molar-refractivity contribution in [2.24, 2.45) is 0 Å². The van der Waals surface area contributed by atoms with Gasteiger partial charge in [0.25, 0.3) is 0 Å². The number of carboxylic acids is 1. The zero-order valence-corrected chi connectivity index (χ0v) is 12.2. The fraction of sp³-hybridized carbons (Fsp3) is 0.667. The van der Waals surface area contributed by atoms with E-state index in [2.05, 4.69) is 0 Å². The Balaban J connectivity index is -0.0000000400. The van der Waals surface area contributed by atoms with Crippen molar-refractivity contribution in [3.8, 4) is 0 Å². The summed E-state index contributed by atoms with van der Waals surface area (Å²) in [6.07, 6.45) is 0.222. The smallest absolute Gasteiger partial charge is 1.00 e. The van der Waals surface area contributed by atoms with E-state index in [-0.39, 0.29) is 37.4 Å². The van der Waals surface area contributed by atoms with Gasteiger partial charge in [-0.1, -0.05) is 6.92 Å². The third-order valence-corrected chi connectivity index (χ3v) is 0.302. The number of aliphatic carboxylic acids is 1. The molecule has 7 N–H and O–H groups in total. The fourth-order valence-electron chi connectivity index (χ4n) is 0. The monoisotopic (exact) mass is 294 g/mol. The number of phosphoric acid groups is 2. The van der Waals surface area contributed by atoms with Crippen molar-refractivity contribution in [3.05, 3.63) is 0 Å². The van der Waals surface area contributed by atoms with Crippen molar-refractivity contribution >= 4 is 21.6 Å². The van der Waals surface area contributed by atoms with Gasteiger partial charge in [-0.15, -0.1) is 0 Å². The van der Waals surface area contributed by atoms with E-state index in [0.717, 1.165) is 0 Å². The zero-order chi connectivity index (χ0) is 13.3. The minimum absolute atomic E-state index is 0. The summed E-state index contributed by atoms with van der Waals surface area (Å²) in [5, 5.41) is 7.72. The molecule has 0 aromatic heterocycles. The number of hydrogen-bond donors (Lipinski definition) is 7. The predicted octanol–water partition coefficient (Wildman–Crippen LogP) is -4.26. The maximum absolute atomic E-state index is 9.37. The summed E-state index contributed by atoms with van der Waals surface area (Å²) >= 11 is 0. The summed E-state index contributed by atoms with van der Waals surface area (Å²) in [4.78, 5) is 52.5. The van der Waals surface area contributed by atoms with Crippen LogP contribution in [0.25, 0.3) is 0 Å². The first-order chi connectivity index (χ1) is 6.27. The molecule has 0 atom stereocenters. The van der Waals surface area contributed by atoms with Crippen LogP contribution in [0.3, 0.4) is 0 Å². The van der Waals surface area contributed by atoms with Crippen LogP contribution in [0.4, 0.5) is 0 Å². The van der Waals surface area contributed by atoms with Crippen molar-refractivity contribution in [2.75, 3.05) is 0 Å². The van der Waals surface area contributed by atoms with Crippen LogP contribution in [0.5, 0.6) is 0 Å². The van der Waals surface area contributed by atoms with Crippen LogP contribution in [0.15, 0.2) is 0 Å². The van der Waals surface area contributed by atoms with Gasteiger partial charge in [0.15, 0.2) is 0 Å². The van der Waals surface area contributed by atoms with Gasteiger partial charge in [-0.2, -0.15) is 0 Å². The first-order valence-electron chi connectivity index (χ1n) is 3.05. The Morgan fingerprint density at radius 1 is 1.00 bits per heavy atom. The molecule has 0 aliphatic heterocycles. The summed E-state index contributed by atoms with van der Waals surface area (Å²) < 4.78 is 17.8. The van der Waals surface area contributed by atoms with E-state index >= 15 is 0 Å². The Morgan fingerprint density at radius 2 is 1.06 bits per heavy atom. The van der Waals surface area contributed by atoms with Gasteiger partial charge in [-0.25, -0.2) is 9.13 Å². The number of hydrogen-bond acceptors (Lipinski definition) is 3. The van der Waals surface area contributed by atoms with Crippen molar-refractivity contribution in [2.45, 2.75) is 13.3 Å². The molecular formula is C3H13NaO10P2. The van der Waals surface area contributed by atoms with Gasteiger partial charge < -0.3 is 35.9 Å². The largest absolute Gasteiger partial charge is 1.00 e. The van der Waals surface area contributed by atoms with Crippen LogP contribution < -0.4 is 29.6 Å². The van der Waals surface area contributed by atoms with E-state index in [1.165, 1.54) is 0 Å². The number of rotatable bonds is 1. The molecule has 0 aliphatic rings. The Hall–Kier alpha value is 0.690. The van der Waals surface area contributed by atoms with Gasteiger partial charge in [-0.05, 0) is 0 Å². The minimum Gasteiger partial charge on any atom is -1.00 e. The zero-order valence-electron chi connectivity index (χ0n) is 9.46. The van der Waals surface area contributed by atoms with E-state index in [0.29, 0.717) is 0 Å². The predicted molar refractivity (Wildman–Crippen MR) is 47.6 cm³/mol. The van der Waals surface area contributed by atoms with Crippen molar-refractivity contribution in [1.82, 2.24) is 0 Å². The van der Waals surface area contributed by atoms with Gasteiger partial charge in [0.2, 0.25) is 0 Å². The number of carbonyl (C=O) groups is 1. The summed E-state index contributed by atoms with van der Waals surface area (Å²) in [6, 6.07) is 0. The molecular weight excluding hydrogens is 281 g/mol. The quantitative estimate of drug-likeness (QED) is 0.184. The summed E-state index contributed by atoms with van der Waals surface area (Å²) in [6.45, 7) is 1.60. The second kappa shape index (κ2) is 12.2. The van der Waals surface area contributed by atoms with Crippen molar-refractivity contribution in [3.63, 3.8) is 0 Å². The van der Waals surface area contributed by atoms with Crippen LogP contribution in [-0.4, -0.2) is 40.4 Å². The summed E-state index contributed by atoms with van der Waals surface area (Å²) in [5.74, 6) is -0.745. The van der Waals surface area contributed by atoms with E-state index in [1.54, 1.807) is 6.92 Å². The molecule has 0 aromatic rings. The second-order valence-electron chi connectivity index (χ2n) is 1.77. The van der Waals surface area contributed by atoms with Crippen molar-refractivity contribution < 1.29 is 79.4 Å². The minimum atomic E-state index is -4.64. The average molecular weight is 294 g/mol. The molecule has 13 heteroatoms. The average Bonchev–Trinajstić information content (AvgIpc) is 1.79.